The number of hydrogen-bond donors (Lipinski definition) is 3. The van der Waals surface area contributed by atoms with Gasteiger partial charge in [0.15, 0.2) is 12.2 Å². The van der Waals surface area contributed by atoms with Gasteiger partial charge >= 0.3 is 39.5 Å². The van der Waals surface area contributed by atoms with Gasteiger partial charge in [0.05, 0.1) is 26.4 Å². The standard InChI is InChI=1S/C83H140O17P2/c1-5-9-13-17-21-25-29-33-36-38-41-45-48-52-56-60-64-68-81(86)94-74-79(100-83(88)70-66-62-58-54-50-46-42-39-37-34-30-26-22-18-14-10-6-2)76-98-102(91,92)96-72-77(84)71-95-101(89,90)97-75-78(99-82(87)69-65-61-57-53-49-43-32-28-24-20-16-12-8-4)73-93-80(85)67-63-59-55-51-47-44-40-35-31-27-23-19-15-11-7-3/h9-10,13-14,21-22,25-26,33-37,40-42,45-46,52,54,56,58,77-79,84H,5-8,11-12,15-20,23-24,27-32,38-39,43-44,47-51,53,55,57,59-76H2,1-4H3,(H,89,90)(H,91,92)/b13-9-,14-10-,25-21-,26-22-,36-33-,37-34-,40-35-,45-41-,46-42-,56-52-,58-54-. The van der Waals surface area contributed by atoms with Gasteiger partial charge in [0.25, 0.3) is 0 Å². The van der Waals surface area contributed by atoms with Crippen LogP contribution in [0.25, 0.3) is 0 Å². The number of phosphoric ester groups is 2. The van der Waals surface area contributed by atoms with E-state index in [-0.39, 0.29) is 25.7 Å². The van der Waals surface area contributed by atoms with Crippen LogP contribution in [0.3, 0.4) is 0 Å². The number of phosphoric acid groups is 2. The van der Waals surface area contributed by atoms with Gasteiger partial charge < -0.3 is 33.8 Å². The molecule has 0 saturated carbocycles. The fourth-order valence-corrected chi connectivity index (χ4v) is 11.7. The highest BCUT2D eigenvalue weighted by molar-refractivity contribution is 7.47. The highest BCUT2D eigenvalue weighted by Gasteiger charge is 2.30. The van der Waals surface area contributed by atoms with E-state index in [4.69, 9.17) is 37.0 Å². The molecule has 0 spiro atoms. The van der Waals surface area contributed by atoms with Crippen molar-refractivity contribution in [3.05, 3.63) is 134 Å². The molecule has 17 nitrogen and oxygen atoms in total. The molecule has 0 amide bonds. The molecule has 584 valence electrons. The van der Waals surface area contributed by atoms with E-state index < -0.39 is 97.5 Å². The first kappa shape index (κ1) is 97.2. The monoisotopic (exact) mass is 1470 g/mol. The molecule has 0 heterocycles. The van der Waals surface area contributed by atoms with Crippen LogP contribution < -0.4 is 0 Å². The highest BCUT2D eigenvalue weighted by atomic mass is 31.2. The molecule has 0 aromatic heterocycles. The molecule has 0 aromatic carbocycles. The Morgan fingerprint density at radius 2 is 0.520 bits per heavy atom. The Balaban J connectivity index is 5.46. The van der Waals surface area contributed by atoms with E-state index >= 15 is 0 Å². The number of ether oxygens (including phenoxy) is 4. The van der Waals surface area contributed by atoms with Crippen LogP contribution in [-0.2, 0) is 65.4 Å². The van der Waals surface area contributed by atoms with Gasteiger partial charge in [-0.2, -0.15) is 0 Å². The van der Waals surface area contributed by atoms with E-state index in [2.05, 4.69) is 137 Å². The Morgan fingerprint density at radius 1 is 0.284 bits per heavy atom. The molecule has 0 aliphatic rings. The quantitative estimate of drug-likeness (QED) is 0.0169. The van der Waals surface area contributed by atoms with E-state index in [0.29, 0.717) is 38.5 Å². The Hall–Kier alpha value is -4.80. The fraction of sp³-hybridized carbons (Fsp3) is 0.687. The highest BCUT2D eigenvalue weighted by Crippen LogP contribution is 2.45. The Bertz CT molecular complexity index is 2460. The van der Waals surface area contributed by atoms with E-state index in [1.165, 1.54) is 89.9 Å². The van der Waals surface area contributed by atoms with Gasteiger partial charge in [0, 0.05) is 25.7 Å². The molecule has 0 aliphatic heterocycles. The normalized spacial score (nSPS) is 14.6. The predicted octanol–water partition coefficient (Wildman–Crippen LogP) is 22.9. The summed E-state index contributed by atoms with van der Waals surface area (Å²) >= 11 is 0. The number of carbonyl (C=O) groups excluding carboxylic acids is 4. The third kappa shape index (κ3) is 73.5. The lowest BCUT2D eigenvalue weighted by molar-refractivity contribution is -0.161. The third-order valence-electron chi connectivity index (χ3n) is 16.1. The van der Waals surface area contributed by atoms with Crippen molar-refractivity contribution in [1.82, 2.24) is 0 Å². The zero-order valence-corrected chi connectivity index (χ0v) is 65.5. The second-order valence-corrected chi connectivity index (χ2v) is 28.8. The number of aliphatic hydroxyl groups excluding tert-OH is 1. The van der Waals surface area contributed by atoms with Crippen LogP contribution >= 0.6 is 15.6 Å². The van der Waals surface area contributed by atoms with Gasteiger partial charge in [-0.05, 0) is 128 Å². The molecular weight excluding hydrogens is 1330 g/mol. The van der Waals surface area contributed by atoms with Crippen molar-refractivity contribution < 1.29 is 80.2 Å². The molecule has 0 radical (unpaired) electrons. The van der Waals surface area contributed by atoms with E-state index in [0.717, 1.165) is 128 Å². The van der Waals surface area contributed by atoms with Crippen molar-refractivity contribution in [2.45, 2.75) is 329 Å². The SMILES string of the molecule is CC/C=C\C/C=C\C/C=C\C/C=C\C/C=C\CCCC(=O)OCC(COP(=O)(O)OCC(O)COP(=O)(O)OCC(COC(=O)CCCCCCC/C=C\CCCCCCCC)OC(=O)CCCCCCCCCCCCCCC)OC(=O)CCC/C=C\C/C=C\C/C=C\C/C=C\C/C=C\CC. The second-order valence-electron chi connectivity index (χ2n) is 25.9. The minimum absolute atomic E-state index is 0.000975. The van der Waals surface area contributed by atoms with Gasteiger partial charge in [0.2, 0.25) is 0 Å². The van der Waals surface area contributed by atoms with E-state index in [1.54, 1.807) is 0 Å². The van der Waals surface area contributed by atoms with Crippen molar-refractivity contribution >= 4 is 39.5 Å². The summed E-state index contributed by atoms with van der Waals surface area (Å²) in [4.78, 5) is 72.9. The molecule has 5 unspecified atom stereocenters. The number of hydrogen-bond acceptors (Lipinski definition) is 15. The Kier molecular flexibility index (Phi) is 71.0. The molecule has 19 heteroatoms. The second kappa shape index (κ2) is 74.5. The predicted molar refractivity (Wildman–Crippen MR) is 418 cm³/mol. The lowest BCUT2D eigenvalue weighted by Crippen LogP contribution is -2.30. The lowest BCUT2D eigenvalue weighted by atomic mass is 10.0. The van der Waals surface area contributed by atoms with Gasteiger partial charge in [-0.1, -0.05) is 290 Å². The van der Waals surface area contributed by atoms with Crippen LogP contribution in [0.15, 0.2) is 134 Å². The third-order valence-corrected chi connectivity index (χ3v) is 18.0. The number of aliphatic hydroxyl groups is 1. The maximum atomic E-state index is 13.1. The van der Waals surface area contributed by atoms with E-state index in [1.807, 2.05) is 24.3 Å². The molecule has 0 saturated heterocycles. The summed E-state index contributed by atoms with van der Waals surface area (Å²) in [5, 5.41) is 10.6. The van der Waals surface area contributed by atoms with E-state index in [9.17, 15) is 43.2 Å². The maximum Gasteiger partial charge on any atom is 0.472 e. The molecule has 102 heavy (non-hydrogen) atoms. The molecule has 0 aromatic rings. The van der Waals surface area contributed by atoms with Crippen molar-refractivity contribution in [1.29, 1.82) is 0 Å². The first-order valence-electron chi connectivity index (χ1n) is 39.4. The van der Waals surface area contributed by atoms with Crippen molar-refractivity contribution in [2.75, 3.05) is 39.6 Å². The molecule has 3 N–H and O–H groups in total. The van der Waals surface area contributed by atoms with Gasteiger partial charge in [-0.3, -0.25) is 37.3 Å². The molecular formula is C83H140O17P2. The summed E-state index contributed by atoms with van der Waals surface area (Å²) in [7, 11) is -9.99. The summed E-state index contributed by atoms with van der Waals surface area (Å²) in [6.07, 6.45) is 83.1. The zero-order valence-electron chi connectivity index (χ0n) is 63.7. The number of unbranched alkanes of at least 4 members (excludes halogenated alkanes) is 25. The minimum atomic E-state index is -5.01. The van der Waals surface area contributed by atoms with Gasteiger partial charge in [0.1, 0.15) is 19.3 Å². The molecule has 0 aliphatic carbocycles. The van der Waals surface area contributed by atoms with Crippen molar-refractivity contribution in [2.24, 2.45) is 0 Å². The fourth-order valence-electron chi connectivity index (χ4n) is 10.2. The van der Waals surface area contributed by atoms with Crippen LogP contribution in [0.5, 0.6) is 0 Å². The molecule has 5 atom stereocenters. The van der Waals surface area contributed by atoms with Crippen molar-refractivity contribution in [3.8, 4) is 0 Å². The molecule has 0 rings (SSSR count). The average molecular weight is 1470 g/mol. The molecule has 0 fully saturated rings. The summed E-state index contributed by atoms with van der Waals surface area (Å²) in [6, 6.07) is 0. The van der Waals surface area contributed by atoms with Crippen LogP contribution in [0.1, 0.15) is 310 Å². The summed E-state index contributed by atoms with van der Waals surface area (Å²) in [5.74, 6) is -2.32. The number of esters is 4. The van der Waals surface area contributed by atoms with Gasteiger partial charge in [-0.15, -0.1) is 0 Å². The lowest BCUT2D eigenvalue weighted by Gasteiger charge is -2.21. The number of rotatable bonds is 73. The van der Waals surface area contributed by atoms with Gasteiger partial charge in [-0.25, -0.2) is 9.13 Å². The zero-order chi connectivity index (χ0) is 74.6. The van der Waals surface area contributed by atoms with Crippen LogP contribution in [0.2, 0.25) is 0 Å². The first-order valence-corrected chi connectivity index (χ1v) is 42.4. The van der Waals surface area contributed by atoms with Crippen LogP contribution in [0.4, 0.5) is 0 Å². The Labute approximate surface area is 618 Å². The summed E-state index contributed by atoms with van der Waals surface area (Å²) < 4.78 is 68.4. The maximum absolute atomic E-state index is 13.1. The topological polar surface area (TPSA) is 237 Å². The van der Waals surface area contributed by atoms with Crippen LogP contribution in [0, 0.1) is 0 Å². The first-order chi connectivity index (χ1) is 49.7. The average Bonchev–Trinajstić information content (AvgIpc) is 0.959. The summed E-state index contributed by atoms with van der Waals surface area (Å²) in [5.41, 5.74) is 0. The van der Waals surface area contributed by atoms with Crippen LogP contribution in [-0.4, -0.2) is 96.7 Å². The summed E-state index contributed by atoms with van der Waals surface area (Å²) in [6.45, 7) is 4.51. The van der Waals surface area contributed by atoms with Crippen molar-refractivity contribution in [3.63, 3.8) is 0 Å². The smallest absolute Gasteiger partial charge is 0.462 e. The minimum Gasteiger partial charge on any atom is -0.462 e. The number of carbonyl (C=O) groups is 4. The largest absolute Gasteiger partial charge is 0.472 e. The number of allylic oxidation sites excluding steroid dienone is 22. The molecule has 0 bridgehead atoms. The Morgan fingerprint density at radius 3 is 0.843 bits per heavy atom.